The zero-order chi connectivity index (χ0) is 13.9. The summed E-state index contributed by atoms with van der Waals surface area (Å²) in [4.78, 5) is 13.0. The number of benzene rings is 1. The molecule has 3 aromatic rings. The van der Waals surface area contributed by atoms with E-state index in [9.17, 15) is 0 Å². The van der Waals surface area contributed by atoms with Gasteiger partial charge in [0.2, 0.25) is 0 Å². The number of pyridine rings is 1. The Morgan fingerprint density at radius 3 is 2.70 bits per heavy atom. The summed E-state index contributed by atoms with van der Waals surface area (Å²) in [6.45, 7) is 1.87. The van der Waals surface area contributed by atoms with E-state index in [0.29, 0.717) is 0 Å². The highest BCUT2D eigenvalue weighted by atomic mass is 15.1. The third-order valence-electron chi connectivity index (χ3n) is 2.97. The third kappa shape index (κ3) is 2.51. The third-order valence-corrected chi connectivity index (χ3v) is 2.97. The van der Waals surface area contributed by atoms with Crippen LogP contribution in [0.25, 0.3) is 10.9 Å². The molecular formula is C15H15N5. The quantitative estimate of drug-likeness (QED) is 0.761. The van der Waals surface area contributed by atoms with Crippen LogP contribution in [0.15, 0.2) is 42.6 Å². The molecule has 0 aliphatic rings. The second-order valence-corrected chi connectivity index (χ2v) is 4.47. The number of aromatic nitrogens is 3. The monoisotopic (exact) mass is 265 g/mol. The van der Waals surface area contributed by atoms with Crippen LogP contribution in [0.4, 0.5) is 17.3 Å². The standard InChI is InChI=1S/C15H15N5/c1-10-18-14(16-2)9-15(19-10)20-12-5-6-13-11(8-12)4-3-7-17-13/h3-9H,1-2H3,(H2,16,18,19,20). The lowest BCUT2D eigenvalue weighted by atomic mass is 10.2. The topological polar surface area (TPSA) is 62.7 Å². The molecule has 2 N–H and O–H groups in total. The number of fused-ring (bicyclic) bond motifs is 1. The minimum Gasteiger partial charge on any atom is -0.373 e. The lowest BCUT2D eigenvalue weighted by Gasteiger charge is -2.09. The first-order valence-corrected chi connectivity index (χ1v) is 6.40. The van der Waals surface area contributed by atoms with Crippen molar-refractivity contribution in [2.24, 2.45) is 0 Å². The van der Waals surface area contributed by atoms with Gasteiger partial charge in [-0.3, -0.25) is 4.98 Å². The Labute approximate surface area is 117 Å². The van der Waals surface area contributed by atoms with E-state index in [0.717, 1.165) is 34.1 Å². The van der Waals surface area contributed by atoms with Crippen LogP contribution in [0.5, 0.6) is 0 Å². The highest BCUT2D eigenvalue weighted by molar-refractivity contribution is 5.83. The fourth-order valence-corrected chi connectivity index (χ4v) is 2.06. The Balaban J connectivity index is 1.94. The van der Waals surface area contributed by atoms with Crippen molar-refractivity contribution in [2.45, 2.75) is 6.92 Å². The summed E-state index contributed by atoms with van der Waals surface area (Å²) in [7, 11) is 1.84. The first-order chi connectivity index (χ1) is 9.74. The Hall–Kier alpha value is -2.69. The Bertz CT molecular complexity index is 754. The van der Waals surface area contributed by atoms with E-state index in [1.54, 1.807) is 6.20 Å². The summed E-state index contributed by atoms with van der Waals surface area (Å²) in [6.07, 6.45) is 1.79. The molecule has 3 rings (SSSR count). The first kappa shape index (κ1) is 12.3. The van der Waals surface area contributed by atoms with Crippen molar-refractivity contribution >= 4 is 28.2 Å². The molecule has 0 aliphatic heterocycles. The number of nitrogens with one attached hydrogen (secondary N) is 2. The molecule has 0 unspecified atom stereocenters. The van der Waals surface area contributed by atoms with Crippen molar-refractivity contribution in [3.05, 3.63) is 48.4 Å². The highest BCUT2D eigenvalue weighted by Gasteiger charge is 2.02. The molecule has 100 valence electrons. The first-order valence-electron chi connectivity index (χ1n) is 6.40. The van der Waals surface area contributed by atoms with Gasteiger partial charge in [-0.1, -0.05) is 6.07 Å². The van der Waals surface area contributed by atoms with Crippen LogP contribution >= 0.6 is 0 Å². The van der Waals surface area contributed by atoms with E-state index in [1.807, 2.05) is 44.3 Å². The van der Waals surface area contributed by atoms with Gasteiger partial charge in [0.15, 0.2) is 0 Å². The number of rotatable bonds is 3. The summed E-state index contributed by atoms with van der Waals surface area (Å²) >= 11 is 0. The molecule has 0 atom stereocenters. The van der Waals surface area contributed by atoms with E-state index in [1.165, 1.54) is 0 Å². The molecule has 1 aromatic carbocycles. The molecule has 0 spiro atoms. The van der Waals surface area contributed by atoms with Gasteiger partial charge in [-0.05, 0) is 31.2 Å². The predicted octanol–water partition coefficient (Wildman–Crippen LogP) is 3.12. The molecule has 2 aromatic heterocycles. The van der Waals surface area contributed by atoms with E-state index >= 15 is 0 Å². The van der Waals surface area contributed by atoms with E-state index in [-0.39, 0.29) is 0 Å². The molecule has 0 radical (unpaired) electrons. The van der Waals surface area contributed by atoms with Gasteiger partial charge in [-0.2, -0.15) is 0 Å². The zero-order valence-corrected chi connectivity index (χ0v) is 11.4. The van der Waals surface area contributed by atoms with E-state index < -0.39 is 0 Å². The van der Waals surface area contributed by atoms with Crippen LogP contribution in [-0.4, -0.2) is 22.0 Å². The molecule has 0 saturated heterocycles. The molecular weight excluding hydrogens is 250 g/mol. The molecule has 5 heteroatoms. The van der Waals surface area contributed by atoms with Crippen LogP contribution in [0.3, 0.4) is 0 Å². The molecule has 5 nitrogen and oxygen atoms in total. The summed E-state index contributed by atoms with van der Waals surface area (Å²) in [5.74, 6) is 2.29. The van der Waals surface area contributed by atoms with Crippen LogP contribution < -0.4 is 10.6 Å². The summed E-state index contributed by atoms with van der Waals surface area (Å²) in [5.41, 5.74) is 1.96. The smallest absolute Gasteiger partial charge is 0.136 e. The van der Waals surface area contributed by atoms with Crippen LogP contribution in [0.1, 0.15) is 5.82 Å². The molecule has 0 bridgehead atoms. The molecule has 2 heterocycles. The summed E-state index contributed by atoms with van der Waals surface area (Å²) in [5, 5.41) is 7.41. The number of aryl methyl sites for hydroxylation is 1. The normalized spacial score (nSPS) is 10.5. The van der Waals surface area contributed by atoms with Gasteiger partial charge >= 0.3 is 0 Å². The van der Waals surface area contributed by atoms with Gasteiger partial charge in [0.25, 0.3) is 0 Å². The van der Waals surface area contributed by atoms with Gasteiger partial charge in [-0.25, -0.2) is 9.97 Å². The molecule has 0 aliphatic carbocycles. The van der Waals surface area contributed by atoms with Crippen LogP contribution in [0.2, 0.25) is 0 Å². The van der Waals surface area contributed by atoms with E-state index in [2.05, 4.69) is 31.7 Å². The van der Waals surface area contributed by atoms with Crippen LogP contribution in [0, 0.1) is 6.92 Å². The van der Waals surface area contributed by atoms with Crippen LogP contribution in [-0.2, 0) is 0 Å². The van der Waals surface area contributed by atoms with Gasteiger partial charge in [0.1, 0.15) is 17.5 Å². The summed E-state index contributed by atoms with van der Waals surface area (Å²) < 4.78 is 0. The maximum Gasteiger partial charge on any atom is 0.136 e. The highest BCUT2D eigenvalue weighted by Crippen LogP contribution is 2.21. The average molecular weight is 265 g/mol. The lowest BCUT2D eigenvalue weighted by Crippen LogP contribution is -2.01. The largest absolute Gasteiger partial charge is 0.373 e. The van der Waals surface area contributed by atoms with Gasteiger partial charge in [0, 0.05) is 30.4 Å². The fourth-order valence-electron chi connectivity index (χ4n) is 2.06. The van der Waals surface area contributed by atoms with Crippen molar-refractivity contribution < 1.29 is 0 Å². The second-order valence-electron chi connectivity index (χ2n) is 4.47. The number of anilines is 3. The Morgan fingerprint density at radius 2 is 1.85 bits per heavy atom. The zero-order valence-electron chi connectivity index (χ0n) is 11.4. The lowest BCUT2D eigenvalue weighted by molar-refractivity contribution is 1.06. The maximum atomic E-state index is 4.38. The molecule has 0 amide bonds. The Morgan fingerprint density at radius 1 is 1.00 bits per heavy atom. The number of hydrogen-bond acceptors (Lipinski definition) is 5. The molecule has 20 heavy (non-hydrogen) atoms. The summed E-state index contributed by atoms with van der Waals surface area (Å²) in [6, 6.07) is 11.9. The van der Waals surface area contributed by atoms with Crippen molar-refractivity contribution in [3.63, 3.8) is 0 Å². The van der Waals surface area contributed by atoms with Crippen molar-refractivity contribution in [2.75, 3.05) is 17.7 Å². The minimum atomic E-state index is 0.724. The van der Waals surface area contributed by atoms with Crippen molar-refractivity contribution in [3.8, 4) is 0 Å². The van der Waals surface area contributed by atoms with E-state index in [4.69, 9.17) is 0 Å². The average Bonchev–Trinajstić information content (AvgIpc) is 2.46. The number of hydrogen-bond donors (Lipinski definition) is 2. The Kier molecular flexibility index (Phi) is 3.16. The van der Waals surface area contributed by atoms with Crippen molar-refractivity contribution in [1.29, 1.82) is 0 Å². The van der Waals surface area contributed by atoms with Crippen molar-refractivity contribution in [1.82, 2.24) is 15.0 Å². The number of nitrogens with zero attached hydrogens (tertiary/aromatic N) is 3. The predicted molar refractivity (Wildman–Crippen MR) is 81.3 cm³/mol. The molecule has 0 saturated carbocycles. The van der Waals surface area contributed by atoms with Gasteiger partial charge in [0.05, 0.1) is 5.52 Å². The second kappa shape index (κ2) is 5.13. The van der Waals surface area contributed by atoms with Gasteiger partial charge < -0.3 is 10.6 Å². The fraction of sp³-hybridized carbons (Fsp3) is 0.133. The molecule has 0 fully saturated rings. The SMILES string of the molecule is CNc1cc(Nc2ccc3ncccc3c2)nc(C)n1. The minimum absolute atomic E-state index is 0.724. The van der Waals surface area contributed by atoms with Gasteiger partial charge in [-0.15, -0.1) is 0 Å². The maximum absolute atomic E-state index is 4.38.